The molecule has 0 bridgehead atoms. The summed E-state index contributed by atoms with van der Waals surface area (Å²) >= 11 is 0. The van der Waals surface area contributed by atoms with Gasteiger partial charge >= 0.3 is 17.1 Å². The minimum atomic E-state index is -0.766. The molecule has 0 fully saturated rings. The third kappa shape index (κ3) is 2.78. The maximum Gasteiger partial charge on any atom is 0.343 e. The van der Waals surface area contributed by atoms with Crippen LogP contribution >= 0.6 is 0 Å². The number of nitrogens with one attached hydrogen (secondary N) is 2. The fraction of sp³-hybridized carbons (Fsp3) is 0.118. The van der Waals surface area contributed by atoms with Gasteiger partial charge in [-0.1, -0.05) is 18.2 Å². The predicted octanol–water partition coefficient (Wildman–Crippen LogP) is 2.05. The Bertz CT molecular complexity index is 1010. The van der Waals surface area contributed by atoms with Gasteiger partial charge in [-0.25, -0.2) is 4.79 Å². The van der Waals surface area contributed by atoms with Crippen molar-refractivity contribution in [1.82, 2.24) is 9.97 Å². The molecule has 1 heterocycles. The highest BCUT2D eigenvalue weighted by molar-refractivity contribution is 5.94. The molecule has 0 saturated heterocycles. The van der Waals surface area contributed by atoms with Crippen molar-refractivity contribution in [2.24, 2.45) is 0 Å². The molecule has 0 atom stereocenters. The number of carbonyl (C=O) groups is 1. The quantitative estimate of drug-likeness (QED) is 0.430. The first-order valence-corrected chi connectivity index (χ1v) is 7.00. The number of hydrogen-bond acceptors (Lipinski definition) is 4. The molecular weight excluding hydrogens is 296 g/mol. The van der Waals surface area contributed by atoms with E-state index in [1.807, 2.05) is 32.0 Å². The Morgan fingerprint density at radius 2 is 1.52 bits per heavy atom. The van der Waals surface area contributed by atoms with Gasteiger partial charge in [0.15, 0.2) is 0 Å². The van der Waals surface area contributed by atoms with Crippen LogP contribution in [0.15, 0.2) is 46.0 Å². The van der Waals surface area contributed by atoms with E-state index < -0.39 is 17.1 Å². The van der Waals surface area contributed by atoms with Gasteiger partial charge in [0.25, 0.3) is 0 Å². The molecule has 3 aromatic rings. The Morgan fingerprint density at radius 1 is 0.913 bits per heavy atom. The molecule has 0 aliphatic rings. The number of aryl methyl sites for hydroxylation is 2. The second kappa shape index (κ2) is 5.57. The summed E-state index contributed by atoms with van der Waals surface area (Å²) in [4.78, 5) is 39.9. The van der Waals surface area contributed by atoms with Crippen LogP contribution in [0.25, 0.3) is 11.0 Å². The summed E-state index contributed by atoms with van der Waals surface area (Å²) in [6, 6.07) is 10.2. The maximum absolute atomic E-state index is 12.3. The Labute approximate surface area is 130 Å². The zero-order valence-corrected chi connectivity index (χ0v) is 12.6. The third-order valence-electron chi connectivity index (χ3n) is 3.56. The zero-order valence-electron chi connectivity index (χ0n) is 12.6. The van der Waals surface area contributed by atoms with Crippen molar-refractivity contribution in [3.8, 4) is 5.75 Å². The fourth-order valence-corrected chi connectivity index (χ4v) is 2.35. The molecule has 3 rings (SSSR count). The smallest absolute Gasteiger partial charge is 0.343 e. The molecule has 0 aliphatic heterocycles. The maximum atomic E-state index is 12.3. The monoisotopic (exact) mass is 310 g/mol. The number of esters is 1. The second-order valence-electron chi connectivity index (χ2n) is 5.28. The van der Waals surface area contributed by atoms with Crippen molar-refractivity contribution in [3.05, 3.63) is 73.8 Å². The molecule has 0 radical (unpaired) electrons. The van der Waals surface area contributed by atoms with Crippen LogP contribution in [0.3, 0.4) is 0 Å². The molecule has 1 aromatic heterocycles. The molecule has 2 aromatic carbocycles. The van der Waals surface area contributed by atoms with Crippen LogP contribution in [-0.2, 0) is 0 Å². The fourth-order valence-electron chi connectivity index (χ4n) is 2.35. The topological polar surface area (TPSA) is 92.0 Å². The lowest BCUT2D eigenvalue weighted by Crippen LogP contribution is -2.29. The molecule has 23 heavy (non-hydrogen) atoms. The number of benzene rings is 2. The van der Waals surface area contributed by atoms with Gasteiger partial charge in [-0.05, 0) is 43.2 Å². The number of aromatic nitrogens is 2. The van der Waals surface area contributed by atoms with Gasteiger partial charge in [-0.15, -0.1) is 0 Å². The highest BCUT2D eigenvalue weighted by Crippen LogP contribution is 2.23. The summed E-state index contributed by atoms with van der Waals surface area (Å²) in [5, 5.41) is 0. The van der Waals surface area contributed by atoms with Crippen molar-refractivity contribution in [3.63, 3.8) is 0 Å². The number of hydrogen-bond donors (Lipinski definition) is 2. The van der Waals surface area contributed by atoms with E-state index in [0.29, 0.717) is 16.8 Å². The van der Waals surface area contributed by atoms with Gasteiger partial charge in [-0.2, -0.15) is 0 Å². The summed E-state index contributed by atoms with van der Waals surface area (Å²) in [7, 11) is 0. The molecule has 6 heteroatoms. The predicted molar refractivity (Wildman–Crippen MR) is 86.1 cm³/mol. The van der Waals surface area contributed by atoms with E-state index in [-0.39, 0.29) is 5.56 Å². The molecule has 0 spiro atoms. The average Bonchev–Trinajstić information content (AvgIpc) is 2.51. The highest BCUT2D eigenvalue weighted by atomic mass is 16.5. The molecule has 0 aliphatic carbocycles. The Balaban J connectivity index is 2.00. The van der Waals surface area contributed by atoms with E-state index >= 15 is 0 Å². The molecule has 0 amide bonds. The van der Waals surface area contributed by atoms with Crippen molar-refractivity contribution in [1.29, 1.82) is 0 Å². The minimum absolute atomic E-state index is 0.280. The van der Waals surface area contributed by atoms with Gasteiger partial charge in [0.1, 0.15) is 5.75 Å². The largest absolute Gasteiger partial charge is 0.422 e. The molecule has 0 saturated carbocycles. The van der Waals surface area contributed by atoms with Gasteiger partial charge in [0, 0.05) is 0 Å². The van der Waals surface area contributed by atoms with Gasteiger partial charge in [0.2, 0.25) is 0 Å². The Kier molecular flexibility index (Phi) is 3.57. The molecule has 6 nitrogen and oxygen atoms in total. The zero-order chi connectivity index (χ0) is 16.6. The minimum Gasteiger partial charge on any atom is -0.422 e. The van der Waals surface area contributed by atoms with Crippen molar-refractivity contribution < 1.29 is 9.53 Å². The third-order valence-corrected chi connectivity index (χ3v) is 3.56. The number of aromatic amines is 2. The summed E-state index contributed by atoms with van der Waals surface area (Å²) in [5.41, 5.74) is 1.31. The van der Waals surface area contributed by atoms with E-state index in [2.05, 4.69) is 9.97 Å². The second-order valence-corrected chi connectivity index (χ2v) is 5.28. The highest BCUT2D eigenvalue weighted by Gasteiger charge is 2.13. The molecule has 116 valence electrons. The summed E-state index contributed by atoms with van der Waals surface area (Å²) in [6.07, 6.45) is 0. The van der Waals surface area contributed by atoms with E-state index in [4.69, 9.17) is 4.74 Å². The first-order valence-electron chi connectivity index (χ1n) is 7.00. The van der Waals surface area contributed by atoms with Crippen LogP contribution < -0.4 is 15.9 Å². The molecule has 2 N–H and O–H groups in total. The number of fused-ring (bicyclic) bond motifs is 1. The number of H-pyrrole nitrogens is 2. The summed E-state index contributed by atoms with van der Waals surface area (Å²) in [6.45, 7) is 3.72. The van der Waals surface area contributed by atoms with Crippen LogP contribution in [0.1, 0.15) is 21.5 Å². The standard InChI is InChI=1S/C17H14N2O4/c1-9-4-3-5-10(2)14(9)23-17(22)11-6-7-12-13(8-11)19-16(21)15(20)18-12/h3-8H,1-2H3,(H,18,20)(H,19,21). The van der Waals surface area contributed by atoms with Crippen LogP contribution in [0.2, 0.25) is 0 Å². The lowest BCUT2D eigenvalue weighted by Gasteiger charge is -2.10. The number of ether oxygens (including phenoxy) is 1. The van der Waals surface area contributed by atoms with Crippen LogP contribution in [-0.4, -0.2) is 15.9 Å². The van der Waals surface area contributed by atoms with E-state index in [1.165, 1.54) is 12.1 Å². The number of para-hydroxylation sites is 1. The van der Waals surface area contributed by atoms with E-state index in [9.17, 15) is 14.4 Å². The Hall–Kier alpha value is -3.15. The van der Waals surface area contributed by atoms with Crippen molar-refractivity contribution in [2.45, 2.75) is 13.8 Å². The average molecular weight is 310 g/mol. The SMILES string of the molecule is Cc1cccc(C)c1OC(=O)c1ccc2[nH]c(=O)c(=O)[nH]c2c1. The summed E-state index contributed by atoms with van der Waals surface area (Å²) < 4.78 is 5.46. The van der Waals surface area contributed by atoms with Crippen molar-refractivity contribution >= 4 is 17.0 Å². The lowest BCUT2D eigenvalue weighted by molar-refractivity contribution is 0.0732. The first-order chi connectivity index (χ1) is 11.0. The van der Waals surface area contributed by atoms with Gasteiger partial charge in [-0.3, -0.25) is 9.59 Å². The van der Waals surface area contributed by atoms with Crippen LogP contribution in [0.5, 0.6) is 5.75 Å². The molecular formula is C17H14N2O4. The lowest BCUT2D eigenvalue weighted by atomic mass is 10.1. The normalized spacial score (nSPS) is 10.7. The van der Waals surface area contributed by atoms with E-state index in [1.54, 1.807) is 6.07 Å². The van der Waals surface area contributed by atoms with Gasteiger partial charge < -0.3 is 14.7 Å². The van der Waals surface area contributed by atoms with Gasteiger partial charge in [0.05, 0.1) is 16.6 Å². The van der Waals surface area contributed by atoms with E-state index in [0.717, 1.165) is 11.1 Å². The van der Waals surface area contributed by atoms with Crippen LogP contribution in [0.4, 0.5) is 0 Å². The number of carbonyl (C=O) groups excluding carboxylic acids is 1. The summed E-state index contributed by atoms with van der Waals surface area (Å²) in [5.74, 6) is -0.0103. The van der Waals surface area contributed by atoms with Crippen molar-refractivity contribution in [2.75, 3.05) is 0 Å². The first kappa shape index (κ1) is 14.8. The Morgan fingerprint density at radius 3 is 2.17 bits per heavy atom. The van der Waals surface area contributed by atoms with Crippen LogP contribution in [0, 0.1) is 13.8 Å². The molecule has 0 unspecified atom stereocenters. The number of rotatable bonds is 2.